The number of nitro groups is 1. The van der Waals surface area contributed by atoms with Crippen LogP contribution in [0.3, 0.4) is 0 Å². The van der Waals surface area contributed by atoms with Gasteiger partial charge in [0.05, 0.1) is 12.0 Å². The van der Waals surface area contributed by atoms with Gasteiger partial charge in [0.15, 0.2) is 0 Å². The molecule has 0 aliphatic heterocycles. The first-order valence-electron chi connectivity index (χ1n) is 5.76. The normalized spacial score (nSPS) is 10.6. The summed E-state index contributed by atoms with van der Waals surface area (Å²) >= 11 is 0. The van der Waals surface area contributed by atoms with Crippen molar-refractivity contribution in [2.75, 3.05) is 7.11 Å². The molecule has 96 valence electrons. The van der Waals surface area contributed by atoms with Crippen LogP contribution in [0.4, 0.5) is 5.69 Å². The van der Waals surface area contributed by atoms with Gasteiger partial charge < -0.3 is 4.74 Å². The predicted octanol–water partition coefficient (Wildman–Crippen LogP) is 3.77. The van der Waals surface area contributed by atoms with Crippen LogP contribution in [0.2, 0.25) is 0 Å². The minimum atomic E-state index is -0.409. The molecule has 19 heavy (non-hydrogen) atoms. The summed E-state index contributed by atoms with van der Waals surface area (Å²) in [7, 11) is 1.62. The van der Waals surface area contributed by atoms with Crippen molar-refractivity contribution < 1.29 is 9.66 Å². The fraction of sp³-hybridized carbons (Fsp3) is 0.0667. The average Bonchev–Trinajstić information content (AvgIpc) is 2.45. The van der Waals surface area contributed by atoms with Crippen molar-refractivity contribution in [1.29, 1.82) is 0 Å². The maximum Gasteiger partial charge on any atom is 0.269 e. The molecule has 4 nitrogen and oxygen atoms in total. The van der Waals surface area contributed by atoms with Gasteiger partial charge in [-0.2, -0.15) is 0 Å². The Hall–Kier alpha value is -2.62. The van der Waals surface area contributed by atoms with Gasteiger partial charge in [0, 0.05) is 17.7 Å². The monoisotopic (exact) mass is 255 g/mol. The van der Waals surface area contributed by atoms with E-state index in [0.29, 0.717) is 0 Å². The van der Waals surface area contributed by atoms with Crippen molar-refractivity contribution in [2.24, 2.45) is 0 Å². The number of ether oxygens (including phenoxy) is 1. The second-order valence-electron chi connectivity index (χ2n) is 3.92. The molecule has 0 N–H and O–H groups in total. The summed E-state index contributed by atoms with van der Waals surface area (Å²) < 4.78 is 5.24. The third-order valence-corrected chi connectivity index (χ3v) is 2.70. The lowest BCUT2D eigenvalue weighted by molar-refractivity contribution is -0.384. The van der Waals surface area contributed by atoms with Gasteiger partial charge in [-0.15, -0.1) is 0 Å². The molecule has 0 saturated carbocycles. The molecule has 0 amide bonds. The van der Waals surface area contributed by atoms with Crippen molar-refractivity contribution >= 4 is 17.8 Å². The van der Waals surface area contributed by atoms with E-state index in [1.807, 2.05) is 36.4 Å². The Morgan fingerprint density at radius 3 is 2.37 bits per heavy atom. The molecule has 0 aromatic heterocycles. The Bertz CT molecular complexity index is 603. The lowest BCUT2D eigenvalue weighted by Gasteiger charge is -2.03. The van der Waals surface area contributed by atoms with E-state index in [0.717, 1.165) is 16.9 Å². The Labute approximate surface area is 111 Å². The minimum absolute atomic E-state index is 0.0921. The zero-order valence-electron chi connectivity index (χ0n) is 10.4. The molecule has 0 fully saturated rings. The summed E-state index contributed by atoms with van der Waals surface area (Å²) in [6.07, 6.45) is 3.81. The quantitative estimate of drug-likeness (QED) is 0.474. The van der Waals surface area contributed by atoms with Crippen LogP contribution in [-0.2, 0) is 0 Å². The molecule has 2 aromatic rings. The van der Waals surface area contributed by atoms with E-state index in [9.17, 15) is 10.1 Å². The van der Waals surface area contributed by atoms with Gasteiger partial charge in [-0.3, -0.25) is 10.1 Å². The summed E-state index contributed by atoms with van der Waals surface area (Å²) in [6, 6.07) is 14.1. The molecule has 0 saturated heterocycles. The molecule has 0 aliphatic carbocycles. The highest BCUT2D eigenvalue weighted by molar-refractivity contribution is 5.72. The van der Waals surface area contributed by atoms with E-state index in [1.54, 1.807) is 19.2 Å². The molecule has 2 rings (SSSR count). The zero-order valence-corrected chi connectivity index (χ0v) is 10.4. The number of benzene rings is 2. The molecule has 0 atom stereocenters. The Kier molecular flexibility index (Phi) is 3.93. The molecule has 0 bridgehead atoms. The van der Waals surface area contributed by atoms with E-state index in [4.69, 9.17) is 4.74 Å². The van der Waals surface area contributed by atoms with E-state index < -0.39 is 4.92 Å². The lowest BCUT2D eigenvalue weighted by atomic mass is 10.1. The number of hydrogen-bond acceptors (Lipinski definition) is 3. The molecular weight excluding hydrogens is 242 g/mol. The first kappa shape index (κ1) is 12.8. The molecule has 0 aliphatic rings. The van der Waals surface area contributed by atoms with Gasteiger partial charge in [-0.25, -0.2) is 0 Å². The van der Waals surface area contributed by atoms with E-state index in [2.05, 4.69) is 0 Å². The molecule has 0 radical (unpaired) electrons. The molecule has 4 heteroatoms. The SMILES string of the molecule is COc1ccccc1C=Cc1ccc([N+](=O)[O-])cc1. The third-order valence-electron chi connectivity index (χ3n) is 2.70. The van der Waals surface area contributed by atoms with Gasteiger partial charge >= 0.3 is 0 Å². The second kappa shape index (κ2) is 5.82. The number of rotatable bonds is 4. The topological polar surface area (TPSA) is 52.4 Å². The van der Waals surface area contributed by atoms with Gasteiger partial charge in [-0.1, -0.05) is 30.4 Å². The maximum atomic E-state index is 10.5. The summed E-state index contributed by atoms with van der Waals surface area (Å²) in [6.45, 7) is 0. The lowest BCUT2D eigenvalue weighted by Crippen LogP contribution is -1.87. The van der Waals surface area contributed by atoms with Crippen LogP contribution in [-0.4, -0.2) is 12.0 Å². The van der Waals surface area contributed by atoms with Gasteiger partial charge in [0.1, 0.15) is 5.75 Å². The number of para-hydroxylation sites is 1. The highest BCUT2D eigenvalue weighted by Crippen LogP contribution is 2.20. The number of hydrogen-bond donors (Lipinski definition) is 0. The zero-order chi connectivity index (χ0) is 13.7. The summed E-state index contributed by atoms with van der Waals surface area (Å²) in [5.41, 5.74) is 1.95. The van der Waals surface area contributed by atoms with Crippen molar-refractivity contribution in [3.05, 3.63) is 69.8 Å². The Balaban J connectivity index is 2.20. The van der Waals surface area contributed by atoms with Crippen LogP contribution >= 0.6 is 0 Å². The van der Waals surface area contributed by atoms with Gasteiger partial charge in [0.25, 0.3) is 5.69 Å². The number of nitro benzene ring substituents is 1. The van der Waals surface area contributed by atoms with Gasteiger partial charge in [-0.05, 0) is 23.8 Å². The van der Waals surface area contributed by atoms with Crippen molar-refractivity contribution in [3.63, 3.8) is 0 Å². The van der Waals surface area contributed by atoms with Gasteiger partial charge in [0.2, 0.25) is 0 Å². The number of methoxy groups -OCH3 is 1. The molecule has 2 aromatic carbocycles. The van der Waals surface area contributed by atoms with E-state index in [1.165, 1.54) is 12.1 Å². The van der Waals surface area contributed by atoms with Crippen LogP contribution in [0.5, 0.6) is 5.75 Å². The minimum Gasteiger partial charge on any atom is -0.496 e. The highest BCUT2D eigenvalue weighted by Gasteiger charge is 2.02. The summed E-state index contributed by atoms with van der Waals surface area (Å²) in [5.74, 6) is 0.792. The molecule has 0 heterocycles. The van der Waals surface area contributed by atoms with Crippen LogP contribution in [0.15, 0.2) is 48.5 Å². The van der Waals surface area contributed by atoms with Crippen molar-refractivity contribution in [2.45, 2.75) is 0 Å². The molecule has 0 spiro atoms. The van der Waals surface area contributed by atoms with Crippen molar-refractivity contribution in [1.82, 2.24) is 0 Å². The Morgan fingerprint density at radius 2 is 1.74 bits per heavy atom. The highest BCUT2D eigenvalue weighted by atomic mass is 16.6. The smallest absolute Gasteiger partial charge is 0.269 e. The third kappa shape index (κ3) is 3.19. The average molecular weight is 255 g/mol. The summed E-state index contributed by atoms with van der Waals surface area (Å²) in [4.78, 5) is 10.1. The maximum absolute atomic E-state index is 10.5. The van der Waals surface area contributed by atoms with Crippen LogP contribution in [0.25, 0.3) is 12.2 Å². The first-order valence-corrected chi connectivity index (χ1v) is 5.76. The first-order chi connectivity index (χ1) is 9.20. The standard InChI is InChI=1S/C15H13NO3/c1-19-15-5-3-2-4-13(15)9-6-12-7-10-14(11-8-12)16(17)18/h2-11H,1H3. The molecular formula is C15H13NO3. The largest absolute Gasteiger partial charge is 0.496 e. The Morgan fingerprint density at radius 1 is 1.05 bits per heavy atom. The number of nitrogens with zero attached hydrogens (tertiary/aromatic N) is 1. The second-order valence-corrected chi connectivity index (χ2v) is 3.92. The van der Waals surface area contributed by atoms with E-state index in [-0.39, 0.29) is 5.69 Å². The molecule has 0 unspecified atom stereocenters. The fourth-order valence-electron chi connectivity index (χ4n) is 1.70. The summed E-state index contributed by atoms with van der Waals surface area (Å²) in [5, 5.41) is 10.5. The van der Waals surface area contributed by atoms with Crippen molar-refractivity contribution in [3.8, 4) is 5.75 Å². The predicted molar refractivity (Wildman–Crippen MR) is 75.0 cm³/mol. The number of non-ortho nitro benzene ring substituents is 1. The van der Waals surface area contributed by atoms with Crippen LogP contribution in [0.1, 0.15) is 11.1 Å². The van der Waals surface area contributed by atoms with E-state index >= 15 is 0 Å². The van der Waals surface area contributed by atoms with Crippen LogP contribution in [0, 0.1) is 10.1 Å². The van der Waals surface area contributed by atoms with Crippen LogP contribution < -0.4 is 4.74 Å². The fourth-order valence-corrected chi connectivity index (χ4v) is 1.70.